The Labute approximate surface area is 90.0 Å². The van der Waals surface area contributed by atoms with Crippen molar-refractivity contribution in [2.75, 3.05) is 0 Å². The monoisotopic (exact) mass is 199 g/mol. The van der Waals surface area contributed by atoms with Crippen molar-refractivity contribution < 1.29 is 0 Å². The third kappa shape index (κ3) is 2.14. The summed E-state index contributed by atoms with van der Waals surface area (Å²) in [6, 6.07) is 4.26. The van der Waals surface area contributed by atoms with Crippen LogP contribution in [0, 0.1) is 43.4 Å². The summed E-state index contributed by atoms with van der Waals surface area (Å²) in [4.78, 5) is 4.37. The molecule has 0 atom stereocenters. The Kier molecular flexibility index (Phi) is 3.42. The van der Waals surface area contributed by atoms with E-state index < -0.39 is 0 Å². The SMILES string of the molecule is Cc1nc(C)c(CC#N)c(C)c1CC#N. The summed E-state index contributed by atoms with van der Waals surface area (Å²) in [7, 11) is 0. The molecule has 0 amide bonds. The Morgan fingerprint density at radius 3 is 1.67 bits per heavy atom. The van der Waals surface area contributed by atoms with Crippen LogP contribution in [-0.2, 0) is 12.8 Å². The Morgan fingerprint density at radius 1 is 0.933 bits per heavy atom. The number of nitrogens with zero attached hydrogens (tertiary/aromatic N) is 3. The van der Waals surface area contributed by atoms with Gasteiger partial charge in [-0.15, -0.1) is 0 Å². The van der Waals surface area contributed by atoms with Gasteiger partial charge in [-0.1, -0.05) is 0 Å². The van der Waals surface area contributed by atoms with Crippen molar-refractivity contribution in [3.05, 3.63) is 28.1 Å². The van der Waals surface area contributed by atoms with Gasteiger partial charge in [0, 0.05) is 11.4 Å². The summed E-state index contributed by atoms with van der Waals surface area (Å²) in [6.07, 6.45) is 0.729. The molecule has 0 aliphatic rings. The molecule has 0 aliphatic carbocycles. The molecule has 0 N–H and O–H groups in total. The van der Waals surface area contributed by atoms with E-state index in [9.17, 15) is 0 Å². The third-order valence-electron chi connectivity index (χ3n) is 2.63. The lowest BCUT2D eigenvalue weighted by Gasteiger charge is -2.12. The molecule has 0 saturated carbocycles. The van der Waals surface area contributed by atoms with Gasteiger partial charge in [-0.3, -0.25) is 4.98 Å². The van der Waals surface area contributed by atoms with Gasteiger partial charge in [0.15, 0.2) is 0 Å². The first-order valence-corrected chi connectivity index (χ1v) is 4.81. The Balaban J connectivity index is 3.37. The van der Waals surface area contributed by atoms with E-state index in [1.165, 1.54) is 0 Å². The summed E-state index contributed by atoms with van der Waals surface area (Å²) in [5, 5.41) is 17.4. The van der Waals surface area contributed by atoms with Gasteiger partial charge in [0.25, 0.3) is 0 Å². The summed E-state index contributed by atoms with van der Waals surface area (Å²) in [6.45, 7) is 5.77. The first-order chi connectivity index (χ1) is 7.11. The highest BCUT2D eigenvalue weighted by atomic mass is 14.7. The van der Waals surface area contributed by atoms with Crippen LogP contribution in [0.1, 0.15) is 28.1 Å². The molecule has 1 heterocycles. The van der Waals surface area contributed by atoms with Gasteiger partial charge in [-0.25, -0.2) is 0 Å². The zero-order chi connectivity index (χ0) is 11.4. The van der Waals surface area contributed by atoms with Gasteiger partial charge >= 0.3 is 0 Å². The normalized spacial score (nSPS) is 9.40. The zero-order valence-electron chi connectivity index (χ0n) is 9.26. The molecule has 0 spiro atoms. The molecule has 0 aliphatic heterocycles. The number of hydrogen-bond acceptors (Lipinski definition) is 3. The van der Waals surface area contributed by atoms with Crippen LogP contribution in [0.4, 0.5) is 0 Å². The number of nitriles is 2. The van der Waals surface area contributed by atoms with Crippen molar-refractivity contribution in [2.24, 2.45) is 0 Å². The third-order valence-corrected chi connectivity index (χ3v) is 2.63. The summed E-state index contributed by atoms with van der Waals surface area (Å²) in [5.41, 5.74) is 4.77. The second kappa shape index (κ2) is 4.57. The number of rotatable bonds is 2. The van der Waals surface area contributed by atoms with E-state index in [2.05, 4.69) is 17.1 Å². The molecule has 0 aromatic carbocycles. The predicted molar refractivity (Wildman–Crippen MR) is 57.1 cm³/mol. The van der Waals surface area contributed by atoms with E-state index in [4.69, 9.17) is 10.5 Å². The van der Waals surface area contributed by atoms with Crippen LogP contribution in [0.5, 0.6) is 0 Å². The average molecular weight is 199 g/mol. The highest BCUT2D eigenvalue weighted by Gasteiger charge is 2.11. The van der Waals surface area contributed by atoms with Crippen LogP contribution in [0.2, 0.25) is 0 Å². The molecule has 1 aromatic rings. The molecule has 1 rings (SSSR count). The largest absolute Gasteiger partial charge is 0.258 e. The maximum atomic E-state index is 8.72. The van der Waals surface area contributed by atoms with E-state index in [-0.39, 0.29) is 0 Å². The van der Waals surface area contributed by atoms with Crippen LogP contribution in [0.3, 0.4) is 0 Å². The van der Waals surface area contributed by atoms with Crippen LogP contribution in [0.15, 0.2) is 0 Å². The maximum absolute atomic E-state index is 8.72. The molecular weight excluding hydrogens is 186 g/mol. The van der Waals surface area contributed by atoms with Gasteiger partial charge in [0.2, 0.25) is 0 Å². The summed E-state index contributed by atoms with van der Waals surface area (Å²) in [5.74, 6) is 0. The second-order valence-corrected chi connectivity index (χ2v) is 3.53. The molecule has 0 saturated heterocycles. The van der Waals surface area contributed by atoms with Gasteiger partial charge in [-0.05, 0) is 37.5 Å². The lowest BCUT2D eigenvalue weighted by Crippen LogP contribution is -2.04. The van der Waals surface area contributed by atoms with Crippen LogP contribution < -0.4 is 0 Å². The van der Waals surface area contributed by atoms with Crippen molar-refractivity contribution in [1.29, 1.82) is 10.5 Å². The summed E-state index contributed by atoms with van der Waals surface area (Å²) >= 11 is 0. The van der Waals surface area contributed by atoms with Crippen LogP contribution in [-0.4, -0.2) is 4.98 Å². The fourth-order valence-electron chi connectivity index (χ4n) is 1.79. The van der Waals surface area contributed by atoms with Crippen LogP contribution in [0.25, 0.3) is 0 Å². The fourth-order valence-corrected chi connectivity index (χ4v) is 1.79. The van der Waals surface area contributed by atoms with Gasteiger partial charge in [0.05, 0.1) is 25.0 Å². The number of hydrogen-bond donors (Lipinski definition) is 0. The van der Waals surface area contributed by atoms with Crippen LogP contribution >= 0.6 is 0 Å². The first-order valence-electron chi connectivity index (χ1n) is 4.81. The molecule has 15 heavy (non-hydrogen) atoms. The number of aryl methyl sites for hydroxylation is 2. The molecule has 3 heteroatoms. The molecular formula is C12H13N3. The Hall–Kier alpha value is -1.87. The second-order valence-electron chi connectivity index (χ2n) is 3.53. The van der Waals surface area contributed by atoms with Gasteiger partial charge < -0.3 is 0 Å². The van der Waals surface area contributed by atoms with Crippen molar-refractivity contribution in [3.63, 3.8) is 0 Å². The highest BCUT2D eigenvalue weighted by molar-refractivity contribution is 5.41. The van der Waals surface area contributed by atoms with Gasteiger partial charge in [-0.2, -0.15) is 10.5 Å². The van der Waals surface area contributed by atoms with E-state index in [1.54, 1.807) is 0 Å². The van der Waals surface area contributed by atoms with E-state index in [1.807, 2.05) is 20.8 Å². The molecule has 0 fully saturated rings. The topological polar surface area (TPSA) is 60.5 Å². The van der Waals surface area contributed by atoms with E-state index in [0.717, 1.165) is 28.1 Å². The minimum atomic E-state index is 0.364. The molecule has 0 bridgehead atoms. The Bertz CT molecular complexity index is 421. The number of pyridine rings is 1. The lowest BCUT2D eigenvalue weighted by molar-refractivity contribution is 0.987. The molecule has 0 radical (unpaired) electrons. The smallest absolute Gasteiger partial charge is 0.0670 e. The minimum Gasteiger partial charge on any atom is -0.258 e. The van der Waals surface area contributed by atoms with E-state index in [0.29, 0.717) is 12.8 Å². The zero-order valence-corrected chi connectivity index (χ0v) is 9.26. The first kappa shape index (κ1) is 11.2. The van der Waals surface area contributed by atoms with E-state index >= 15 is 0 Å². The highest BCUT2D eigenvalue weighted by Crippen LogP contribution is 2.20. The standard InChI is InChI=1S/C12H13N3/c1-8-11(4-6-13)9(2)15-10(3)12(8)5-7-14/h4-5H2,1-3H3. The predicted octanol–water partition coefficient (Wildman–Crippen LogP) is 2.14. The Morgan fingerprint density at radius 2 is 1.33 bits per heavy atom. The van der Waals surface area contributed by atoms with Gasteiger partial charge in [0.1, 0.15) is 0 Å². The van der Waals surface area contributed by atoms with Crippen molar-refractivity contribution in [2.45, 2.75) is 33.6 Å². The molecule has 3 nitrogen and oxygen atoms in total. The summed E-state index contributed by atoms with van der Waals surface area (Å²) < 4.78 is 0. The molecule has 0 unspecified atom stereocenters. The lowest BCUT2D eigenvalue weighted by atomic mass is 9.96. The maximum Gasteiger partial charge on any atom is 0.0670 e. The molecule has 1 aromatic heterocycles. The van der Waals surface area contributed by atoms with Crippen molar-refractivity contribution in [3.8, 4) is 12.1 Å². The quantitative estimate of drug-likeness (QED) is 0.733. The van der Waals surface area contributed by atoms with Crippen molar-refractivity contribution >= 4 is 0 Å². The number of aromatic nitrogens is 1. The fraction of sp³-hybridized carbons (Fsp3) is 0.417. The molecule has 76 valence electrons. The minimum absolute atomic E-state index is 0.364. The average Bonchev–Trinajstić information content (AvgIpc) is 2.19. The van der Waals surface area contributed by atoms with Crippen molar-refractivity contribution in [1.82, 2.24) is 4.98 Å².